The third kappa shape index (κ3) is 2.13. The highest BCUT2D eigenvalue weighted by Crippen LogP contribution is 2.23. The summed E-state index contributed by atoms with van der Waals surface area (Å²) < 4.78 is 1.07. The molecule has 0 aliphatic rings. The van der Waals surface area contributed by atoms with Gasteiger partial charge in [-0.2, -0.15) is 0 Å². The van der Waals surface area contributed by atoms with Gasteiger partial charge in [0.15, 0.2) is 0 Å². The van der Waals surface area contributed by atoms with E-state index in [1.54, 1.807) is 0 Å². The van der Waals surface area contributed by atoms with E-state index in [1.165, 1.54) is 0 Å². The number of benzene rings is 1. The molecule has 0 aliphatic carbocycles. The molecular formula is C12H16BrN3. The Kier molecular flexibility index (Phi) is 3.04. The van der Waals surface area contributed by atoms with Gasteiger partial charge in [0.25, 0.3) is 0 Å². The van der Waals surface area contributed by atoms with Gasteiger partial charge in [-0.05, 0) is 38.6 Å². The number of rotatable bonds is 3. The summed E-state index contributed by atoms with van der Waals surface area (Å²) in [5.41, 5.74) is 1.94. The smallest absolute Gasteiger partial charge is 0.127 e. The maximum Gasteiger partial charge on any atom is 0.127 e. The van der Waals surface area contributed by atoms with E-state index in [1.807, 2.05) is 18.2 Å². The lowest BCUT2D eigenvalue weighted by Gasteiger charge is -2.22. The number of aromatic nitrogens is 2. The molecule has 16 heavy (non-hydrogen) atoms. The molecule has 0 saturated carbocycles. The predicted octanol–water partition coefficient (Wildman–Crippen LogP) is 3.17. The van der Waals surface area contributed by atoms with Crippen molar-refractivity contribution >= 4 is 27.0 Å². The van der Waals surface area contributed by atoms with Gasteiger partial charge in [-0.3, -0.25) is 0 Å². The van der Waals surface area contributed by atoms with Crippen molar-refractivity contribution in [1.29, 1.82) is 0 Å². The van der Waals surface area contributed by atoms with Crippen molar-refractivity contribution in [2.75, 3.05) is 6.54 Å². The predicted molar refractivity (Wildman–Crippen MR) is 70.5 cm³/mol. The van der Waals surface area contributed by atoms with Crippen LogP contribution in [0.3, 0.4) is 0 Å². The molecule has 0 unspecified atom stereocenters. The number of hydrogen-bond donors (Lipinski definition) is 2. The molecule has 1 aromatic carbocycles. The Morgan fingerprint density at radius 3 is 2.88 bits per heavy atom. The second-order valence-electron chi connectivity index (χ2n) is 4.40. The van der Waals surface area contributed by atoms with E-state index in [0.29, 0.717) is 0 Å². The number of aromatic amines is 1. The molecule has 0 saturated heterocycles. The van der Waals surface area contributed by atoms with Gasteiger partial charge < -0.3 is 10.3 Å². The lowest BCUT2D eigenvalue weighted by atomic mass is 10.1. The standard InChI is InChI=1S/C12H16BrN3/c1-4-14-12(2,3)11-15-9-6-5-8(13)7-10(9)16-11/h5-7,14H,4H2,1-3H3,(H,15,16). The fourth-order valence-corrected chi connectivity index (χ4v) is 2.16. The Labute approximate surface area is 104 Å². The summed E-state index contributed by atoms with van der Waals surface area (Å²) in [6.45, 7) is 7.28. The number of imidazole rings is 1. The summed E-state index contributed by atoms with van der Waals surface area (Å²) in [5, 5.41) is 3.41. The van der Waals surface area contributed by atoms with Crippen molar-refractivity contribution in [3.63, 3.8) is 0 Å². The second-order valence-corrected chi connectivity index (χ2v) is 5.32. The largest absolute Gasteiger partial charge is 0.340 e. The highest BCUT2D eigenvalue weighted by molar-refractivity contribution is 9.10. The van der Waals surface area contributed by atoms with E-state index < -0.39 is 0 Å². The minimum atomic E-state index is -0.125. The number of hydrogen-bond acceptors (Lipinski definition) is 2. The van der Waals surface area contributed by atoms with E-state index in [9.17, 15) is 0 Å². The van der Waals surface area contributed by atoms with E-state index in [4.69, 9.17) is 0 Å². The first kappa shape index (κ1) is 11.6. The Morgan fingerprint density at radius 2 is 2.19 bits per heavy atom. The molecule has 3 nitrogen and oxygen atoms in total. The lowest BCUT2D eigenvalue weighted by Crippen LogP contribution is -2.37. The zero-order valence-corrected chi connectivity index (χ0v) is 11.4. The van der Waals surface area contributed by atoms with Gasteiger partial charge >= 0.3 is 0 Å². The van der Waals surface area contributed by atoms with Crippen LogP contribution in [0.2, 0.25) is 0 Å². The number of nitrogens with zero attached hydrogens (tertiary/aromatic N) is 1. The molecule has 86 valence electrons. The van der Waals surface area contributed by atoms with Crippen LogP contribution in [0.4, 0.5) is 0 Å². The lowest BCUT2D eigenvalue weighted by molar-refractivity contribution is 0.395. The summed E-state index contributed by atoms with van der Waals surface area (Å²) >= 11 is 3.46. The summed E-state index contributed by atoms with van der Waals surface area (Å²) in [6.07, 6.45) is 0. The Bertz CT molecular complexity index is 502. The quantitative estimate of drug-likeness (QED) is 0.907. The van der Waals surface area contributed by atoms with Crippen LogP contribution in [0.15, 0.2) is 22.7 Å². The molecule has 0 amide bonds. The highest BCUT2D eigenvalue weighted by Gasteiger charge is 2.22. The van der Waals surface area contributed by atoms with Gasteiger partial charge in [0, 0.05) is 4.47 Å². The van der Waals surface area contributed by atoms with Gasteiger partial charge in [0.2, 0.25) is 0 Å². The van der Waals surface area contributed by atoms with Crippen LogP contribution in [-0.2, 0) is 5.54 Å². The summed E-state index contributed by atoms with van der Waals surface area (Å²) in [5.74, 6) is 0.974. The number of H-pyrrole nitrogens is 1. The van der Waals surface area contributed by atoms with Crippen LogP contribution in [-0.4, -0.2) is 16.5 Å². The molecule has 0 spiro atoms. The molecule has 2 N–H and O–H groups in total. The first-order valence-electron chi connectivity index (χ1n) is 5.43. The Balaban J connectivity index is 2.46. The Hall–Kier alpha value is -0.870. The maximum atomic E-state index is 4.61. The van der Waals surface area contributed by atoms with Crippen LogP contribution < -0.4 is 5.32 Å². The minimum absolute atomic E-state index is 0.125. The van der Waals surface area contributed by atoms with E-state index in [2.05, 4.69) is 52.0 Å². The van der Waals surface area contributed by atoms with Gasteiger partial charge in [0.05, 0.1) is 16.6 Å². The zero-order chi connectivity index (χ0) is 11.8. The second kappa shape index (κ2) is 4.18. The molecule has 2 aromatic rings. The van der Waals surface area contributed by atoms with Gasteiger partial charge in [-0.15, -0.1) is 0 Å². The van der Waals surface area contributed by atoms with Crippen LogP contribution in [0.5, 0.6) is 0 Å². The monoisotopic (exact) mass is 281 g/mol. The average molecular weight is 282 g/mol. The van der Waals surface area contributed by atoms with Gasteiger partial charge in [-0.25, -0.2) is 4.98 Å². The first-order chi connectivity index (χ1) is 7.53. The molecule has 4 heteroatoms. The van der Waals surface area contributed by atoms with Crippen molar-refractivity contribution in [2.24, 2.45) is 0 Å². The molecule has 0 atom stereocenters. The van der Waals surface area contributed by atoms with Crippen LogP contribution in [0, 0.1) is 0 Å². The van der Waals surface area contributed by atoms with E-state index >= 15 is 0 Å². The molecule has 0 bridgehead atoms. The summed E-state index contributed by atoms with van der Waals surface area (Å²) in [4.78, 5) is 7.96. The fourth-order valence-electron chi connectivity index (χ4n) is 1.80. The van der Waals surface area contributed by atoms with Gasteiger partial charge in [-0.1, -0.05) is 22.9 Å². The third-order valence-corrected chi connectivity index (χ3v) is 3.15. The minimum Gasteiger partial charge on any atom is -0.340 e. The van der Waals surface area contributed by atoms with Gasteiger partial charge in [0.1, 0.15) is 5.82 Å². The summed E-state index contributed by atoms with van der Waals surface area (Å²) in [6, 6.07) is 6.07. The SMILES string of the molecule is CCNC(C)(C)c1nc2ccc(Br)cc2[nH]1. The number of halogens is 1. The molecule has 0 fully saturated rings. The topological polar surface area (TPSA) is 40.7 Å². The van der Waals surface area contributed by atoms with Crippen molar-refractivity contribution in [3.05, 3.63) is 28.5 Å². The average Bonchev–Trinajstić information content (AvgIpc) is 2.61. The normalized spacial score (nSPS) is 12.2. The van der Waals surface area contributed by atoms with Crippen LogP contribution >= 0.6 is 15.9 Å². The molecule has 0 radical (unpaired) electrons. The first-order valence-corrected chi connectivity index (χ1v) is 6.23. The van der Waals surface area contributed by atoms with E-state index in [0.717, 1.165) is 27.9 Å². The number of fused-ring (bicyclic) bond motifs is 1. The van der Waals surface area contributed by atoms with Crippen LogP contribution in [0.25, 0.3) is 11.0 Å². The molecular weight excluding hydrogens is 266 g/mol. The van der Waals surface area contributed by atoms with Crippen molar-refractivity contribution in [2.45, 2.75) is 26.3 Å². The third-order valence-electron chi connectivity index (χ3n) is 2.65. The van der Waals surface area contributed by atoms with Crippen molar-refractivity contribution < 1.29 is 0 Å². The van der Waals surface area contributed by atoms with Crippen LogP contribution in [0.1, 0.15) is 26.6 Å². The zero-order valence-electron chi connectivity index (χ0n) is 9.76. The molecule has 1 heterocycles. The summed E-state index contributed by atoms with van der Waals surface area (Å²) in [7, 11) is 0. The molecule has 0 aliphatic heterocycles. The molecule has 2 rings (SSSR count). The molecule has 1 aromatic heterocycles. The number of nitrogens with one attached hydrogen (secondary N) is 2. The van der Waals surface area contributed by atoms with E-state index in [-0.39, 0.29) is 5.54 Å². The van der Waals surface area contributed by atoms with Crippen molar-refractivity contribution in [1.82, 2.24) is 15.3 Å². The maximum absolute atomic E-state index is 4.61. The fraction of sp³-hybridized carbons (Fsp3) is 0.417. The highest BCUT2D eigenvalue weighted by atomic mass is 79.9. The Morgan fingerprint density at radius 1 is 1.44 bits per heavy atom. The van der Waals surface area contributed by atoms with Crippen molar-refractivity contribution in [3.8, 4) is 0 Å².